The van der Waals surface area contributed by atoms with E-state index in [1.165, 1.54) is 0 Å². The number of esters is 3. The monoisotopic (exact) mass is 1330 g/mol. The van der Waals surface area contributed by atoms with Crippen LogP contribution in [0.5, 0.6) is 17.2 Å². The van der Waals surface area contributed by atoms with Crippen molar-refractivity contribution in [1.82, 2.24) is 0 Å². The van der Waals surface area contributed by atoms with Crippen LogP contribution in [0.2, 0.25) is 0 Å². The molecule has 494 valence electrons. The molecule has 15 aromatic carbocycles. The van der Waals surface area contributed by atoms with Gasteiger partial charge in [0.1, 0.15) is 17.2 Å². The molecule has 0 heterocycles. The highest BCUT2D eigenvalue weighted by Crippen LogP contribution is 2.45. The number of carbonyl (C=O) groups is 3. The predicted molar refractivity (Wildman–Crippen MR) is 414 cm³/mol. The summed E-state index contributed by atoms with van der Waals surface area (Å²) in [4.78, 5) is 48.8. The molecule has 102 heavy (non-hydrogen) atoms. The summed E-state index contributed by atoms with van der Waals surface area (Å²) in [7, 11) is 0. The Balaban J connectivity index is 0.696. The van der Waals surface area contributed by atoms with Crippen molar-refractivity contribution in [2.45, 2.75) is 39.5 Å². The number of ether oxygens (including phenoxy) is 3. The van der Waals surface area contributed by atoms with Crippen molar-refractivity contribution >= 4 is 101 Å². The summed E-state index contributed by atoms with van der Waals surface area (Å²) in [6.45, 7) is 8.34. The summed E-state index contributed by atoms with van der Waals surface area (Å²) >= 11 is 0. The molecule has 0 bridgehead atoms. The van der Waals surface area contributed by atoms with Crippen LogP contribution in [-0.2, 0) is 5.41 Å². The molecule has 0 aliphatic rings. The molecule has 0 N–H and O–H groups in total. The van der Waals surface area contributed by atoms with E-state index in [9.17, 15) is 14.4 Å². The Morgan fingerprint density at radius 1 is 0.255 bits per heavy atom. The second-order valence-electron chi connectivity index (χ2n) is 25.7. The van der Waals surface area contributed by atoms with Gasteiger partial charge in [0.15, 0.2) is 0 Å². The number of nitrogens with zero attached hydrogens (tertiary/aromatic N) is 3. The Morgan fingerprint density at radius 2 is 0.471 bits per heavy atom. The maximum atomic E-state index is 14.1. The Hall–Kier alpha value is -13.1. The van der Waals surface area contributed by atoms with Crippen molar-refractivity contribution in [3.8, 4) is 17.2 Å². The normalized spacial score (nSPS) is 11.3. The highest BCUT2D eigenvalue weighted by Gasteiger charge is 2.35. The van der Waals surface area contributed by atoms with Crippen LogP contribution in [-0.4, -0.2) is 17.9 Å². The third kappa shape index (κ3) is 13.5. The van der Waals surface area contributed by atoms with Crippen molar-refractivity contribution in [2.75, 3.05) is 14.7 Å². The molecule has 0 amide bonds. The van der Waals surface area contributed by atoms with Gasteiger partial charge in [0.25, 0.3) is 0 Å². The first kappa shape index (κ1) is 64.9. The maximum Gasteiger partial charge on any atom is 0.343 e. The fraction of sp³-hybridized carbons (Fsp3) is 0.0645. The smallest absolute Gasteiger partial charge is 0.343 e. The van der Waals surface area contributed by atoms with Gasteiger partial charge < -0.3 is 28.9 Å². The molecule has 9 heteroatoms. The van der Waals surface area contributed by atoms with Gasteiger partial charge in [-0.3, -0.25) is 0 Å². The molecule has 15 aromatic rings. The molecule has 0 unspecified atom stereocenters. The molecule has 15 rings (SSSR count). The van der Waals surface area contributed by atoms with E-state index in [-0.39, 0.29) is 0 Å². The van der Waals surface area contributed by atoms with Crippen LogP contribution in [0.1, 0.15) is 77.8 Å². The van der Waals surface area contributed by atoms with Gasteiger partial charge in [-0.1, -0.05) is 187 Å². The van der Waals surface area contributed by atoms with Crippen molar-refractivity contribution in [3.63, 3.8) is 0 Å². The topological polar surface area (TPSA) is 88.6 Å². The molecular formula is C93H71N3O6. The van der Waals surface area contributed by atoms with Crippen molar-refractivity contribution in [3.05, 3.63) is 396 Å². The van der Waals surface area contributed by atoms with Crippen LogP contribution in [0.15, 0.2) is 346 Å². The van der Waals surface area contributed by atoms with Crippen LogP contribution >= 0.6 is 0 Å². The highest BCUT2D eigenvalue weighted by molar-refractivity contribution is 5.96. The first-order chi connectivity index (χ1) is 49.9. The quantitative estimate of drug-likeness (QED) is 0.0446. The Labute approximate surface area is 593 Å². The number of rotatable bonds is 19. The minimum Gasteiger partial charge on any atom is -0.423 e. The van der Waals surface area contributed by atoms with Gasteiger partial charge in [0.05, 0.1) is 16.7 Å². The van der Waals surface area contributed by atoms with E-state index in [1.54, 1.807) is 36.4 Å². The molecule has 0 aliphatic heterocycles. The lowest BCUT2D eigenvalue weighted by atomic mass is 9.67. The van der Waals surface area contributed by atoms with E-state index in [0.29, 0.717) is 40.4 Å². The van der Waals surface area contributed by atoms with Crippen LogP contribution < -0.4 is 28.9 Å². The number of anilines is 9. The number of hydrogen-bond donors (Lipinski definition) is 0. The van der Waals surface area contributed by atoms with Gasteiger partial charge in [-0.15, -0.1) is 0 Å². The molecule has 0 radical (unpaired) electrons. The fourth-order valence-corrected chi connectivity index (χ4v) is 13.6. The maximum absolute atomic E-state index is 14.1. The average molecular weight is 1330 g/mol. The highest BCUT2D eigenvalue weighted by atomic mass is 16.5. The zero-order valence-electron chi connectivity index (χ0n) is 56.9. The molecule has 0 aliphatic carbocycles. The van der Waals surface area contributed by atoms with Gasteiger partial charge in [0.2, 0.25) is 0 Å². The van der Waals surface area contributed by atoms with E-state index in [1.807, 2.05) is 146 Å². The summed E-state index contributed by atoms with van der Waals surface area (Å²) in [5, 5.41) is 6.82. The molecular weight excluding hydrogens is 1260 g/mol. The Kier molecular flexibility index (Phi) is 18.1. The van der Waals surface area contributed by atoms with Gasteiger partial charge >= 0.3 is 17.9 Å². The summed E-state index contributed by atoms with van der Waals surface area (Å²) < 4.78 is 18.4. The lowest BCUT2D eigenvalue weighted by molar-refractivity contribution is 0.0725. The molecule has 0 fully saturated rings. The van der Waals surface area contributed by atoms with E-state index >= 15 is 0 Å². The zero-order chi connectivity index (χ0) is 69.7. The minimum atomic E-state index is -0.813. The van der Waals surface area contributed by atoms with Crippen molar-refractivity contribution in [2.24, 2.45) is 0 Å². The van der Waals surface area contributed by atoms with Crippen LogP contribution in [0.25, 0.3) is 32.3 Å². The molecule has 0 atom stereocenters. The molecule has 0 aromatic heterocycles. The lowest BCUT2D eigenvalue weighted by Crippen LogP contribution is -2.28. The van der Waals surface area contributed by atoms with Crippen LogP contribution in [0.4, 0.5) is 51.2 Å². The van der Waals surface area contributed by atoms with E-state index in [2.05, 4.69) is 206 Å². The van der Waals surface area contributed by atoms with E-state index in [0.717, 1.165) is 117 Å². The van der Waals surface area contributed by atoms with E-state index in [4.69, 9.17) is 14.2 Å². The van der Waals surface area contributed by atoms with Gasteiger partial charge in [-0.05, 0) is 258 Å². The third-order valence-corrected chi connectivity index (χ3v) is 19.1. The van der Waals surface area contributed by atoms with Crippen LogP contribution in [0.3, 0.4) is 0 Å². The molecule has 9 nitrogen and oxygen atoms in total. The van der Waals surface area contributed by atoms with Gasteiger partial charge in [-0.2, -0.15) is 0 Å². The molecule has 0 saturated carbocycles. The fourth-order valence-electron chi connectivity index (χ4n) is 13.6. The van der Waals surface area contributed by atoms with Crippen LogP contribution in [0, 0.1) is 20.8 Å². The first-order valence-corrected chi connectivity index (χ1v) is 34.2. The second-order valence-corrected chi connectivity index (χ2v) is 25.7. The summed E-state index contributed by atoms with van der Waals surface area (Å²) in [6, 6.07) is 115. The second kappa shape index (κ2) is 28.4. The lowest BCUT2D eigenvalue weighted by Gasteiger charge is -2.35. The van der Waals surface area contributed by atoms with Crippen molar-refractivity contribution in [1.29, 1.82) is 0 Å². The summed E-state index contributed by atoms with van der Waals surface area (Å²) in [6.07, 6.45) is 0.575. The Bertz CT molecular complexity index is 4980. The third-order valence-electron chi connectivity index (χ3n) is 19.1. The zero-order valence-corrected chi connectivity index (χ0v) is 56.9. The predicted octanol–water partition coefficient (Wildman–Crippen LogP) is 23.9. The number of hydrogen-bond acceptors (Lipinski definition) is 9. The number of fused-ring (bicyclic) bond motifs is 3. The average Bonchev–Trinajstić information content (AvgIpc) is 0.758. The first-order valence-electron chi connectivity index (χ1n) is 34.2. The summed E-state index contributed by atoms with van der Waals surface area (Å²) in [5.74, 6) is -0.388. The SMILES string of the molecule is CCC(c1ccc(OC(=O)c2ccc(N(c3ccc(C)cc3)c3ccc4ccccc4c3)cc2)cc1)(c1ccc(OC(=O)c2ccc(N(c3ccc(C)cc3)c3ccc4ccccc4c3)cc2)cc1)c1ccc(OC(=O)c2ccc(N(c3ccc(C)cc3)c3ccc4ccccc4c3)cc2)cc1. The van der Waals surface area contributed by atoms with E-state index < -0.39 is 23.3 Å². The summed E-state index contributed by atoms with van der Waals surface area (Å²) in [5.41, 5.74) is 15.2. The molecule has 0 saturated heterocycles. The number of aryl methyl sites for hydroxylation is 3. The Morgan fingerprint density at radius 3 is 0.706 bits per heavy atom. The largest absolute Gasteiger partial charge is 0.423 e. The number of carbonyl (C=O) groups excluding carboxylic acids is 3. The van der Waals surface area contributed by atoms with Gasteiger partial charge in [-0.25, -0.2) is 14.4 Å². The standard InChI is InChI=1S/C93H71N3O6/c1-5-93(75-33-54-87(55-34-75)100-90(97)69-27-45-81(46-28-69)94(78-39-18-63(2)19-40-78)84-51-24-66-12-6-9-15-72(66)60-84,76-35-56-88(57-36-76)101-91(98)70-29-47-82(48-30-70)95(79-41-20-64(3)21-42-79)85-52-25-67-13-7-10-16-73(67)61-85)77-37-58-89(59-38-77)102-92(99)71-31-49-83(50-32-71)96(80-43-22-65(4)23-44-80)86-53-26-68-14-8-11-17-74(68)62-86/h6-62H,5H2,1-4H3. The number of benzene rings is 15. The van der Waals surface area contributed by atoms with Crippen molar-refractivity contribution < 1.29 is 28.6 Å². The van der Waals surface area contributed by atoms with Gasteiger partial charge in [0, 0.05) is 56.6 Å². The minimum absolute atomic E-state index is 0.369. The molecule has 0 spiro atoms.